The molecule has 32 heavy (non-hydrogen) atoms. The largest absolute Gasteiger partial charge is 0.489 e. The third-order valence-corrected chi connectivity index (χ3v) is 6.70. The molecular weight excluding hydrogens is 431 g/mol. The van der Waals surface area contributed by atoms with Gasteiger partial charge < -0.3 is 9.64 Å². The van der Waals surface area contributed by atoms with Gasteiger partial charge in [-0.1, -0.05) is 18.2 Å². The third kappa shape index (κ3) is 4.60. The lowest BCUT2D eigenvalue weighted by atomic mass is 10.1. The summed E-state index contributed by atoms with van der Waals surface area (Å²) in [7, 11) is -3.83. The smallest absolute Gasteiger partial charge is 0.261 e. The van der Waals surface area contributed by atoms with E-state index < -0.39 is 10.0 Å². The molecule has 0 bridgehead atoms. The predicted molar refractivity (Wildman–Crippen MR) is 121 cm³/mol. The molecule has 3 aromatic carbocycles. The molecule has 0 aromatic heterocycles. The van der Waals surface area contributed by atoms with E-state index in [4.69, 9.17) is 4.74 Å². The van der Waals surface area contributed by atoms with Crippen LogP contribution in [0.4, 0.5) is 15.8 Å². The number of ether oxygens (including phenoxy) is 1. The number of nitrogens with one attached hydrogen (secondary N) is 1. The van der Waals surface area contributed by atoms with Crippen molar-refractivity contribution in [1.82, 2.24) is 0 Å². The number of carbonyl (C=O) groups excluding carboxylic acids is 1. The Kier molecular flexibility index (Phi) is 5.88. The lowest BCUT2D eigenvalue weighted by Gasteiger charge is -2.20. The molecule has 0 spiro atoms. The number of hydrogen-bond donors (Lipinski definition) is 1. The van der Waals surface area contributed by atoms with Crippen LogP contribution in [0, 0.1) is 5.82 Å². The molecule has 0 fully saturated rings. The van der Waals surface area contributed by atoms with E-state index in [1.807, 2.05) is 6.92 Å². The van der Waals surface area contributed by atoms with Crippen LogP contribution in [0.25, 0.3) is 0 Å². The molecule has 1 heterocycles. The first kappa shape index (κ1) is 21.8. The van der Waals surface area contributed by atoms with Crippen LogP contribution < -0.4 is 14.4 Å². The molecule has 0 aliphatic carbocycles. The molecule has 166 valence electrons. The number of halogens is 1. The van der Waals surface area contributed by atoms with E-state index in [1.54, 1.807) is 53.4 Å². The van der Waals surface area contributed by atoms with Crippen LogP contribution in [-0.2, 0) is 27.8 Å². The molecule has 1 atom stereocenters. The predicted octanol–water partition coefficient (Wildman–Crippen LogP) is 4.50. The Hall–Kier alpha value is -3.39. The zero-order chi connectivity index (χ0) is 22.9. The Morgan fingerprint density at radius 3 is 2.59 bits per heavy atom. The molecule has 0 saturated carbocycles. The first-order valence-electron chi connectivity index (χ1n) is 10.2. The summed E-state index contributed by atoms with van der Waals surface area (Å²) in [6.45, 7) is 3.67. The van der Waals surface area contributed by atoms with E-state index >= 15 is 0 Å². The Morgan fingerprint density at radius 2 is 1.88 bits per heavy atom. The van der Waals surface area contributed by atoms with Gasteiger partial charge in [-0.25, -0.2) is 12.8 Å². The third-order valence-electron chi connectivity index (χ3n) is 5.32. The van der Waals surface area contributed by atoms with Crippen molar-refractivity contribution in [1.29, 1.82) is 0 Å². The molecule has 6 nitrogen and oxygen atoms in total. The van der Waals surface area contributed by atoms with Gasteiger partial charge in [-0.2, -0.15) is 0 Å². The number of fused-ring (bicyclic) bond motifs is 1. The zero-order valence-corrected chi connectivity index (χ0v) is 18.5. The molecule has 1 amide bonds. The standard InChI is InChI=1S/C24H23FN2O4S/c1-16-12-19-13-23(10-11-24(19)27(16)17(2)28)32(29,30)26-21-4-3-5-22(14-21)31-15-18-6-8-20(25)9-7-18/h3-11,13-14,16,26H,12,15H2,1-2H3. The van der Waals surface area contributed by atoms with Gasteiger partial charge in [0.25, 0.3) is 10.0 Å². The summed E-state index contributed by atoms with van der Waals surface area (Å²) in [4.78, 5) is 13.7. The summed E-state index contributed by atoms with van der Waals surface area (Å²) in [5.74, 6) is 0.0944. The maximum atomic E-state index is 13.0. The Balaban J connectivity index is 1.49. The van der Waals surface area contributed by atoms with E-state index in [9.17, 15) is 17.6 Å². The van der Waals surface area contributed by atoms with Gasteiger partial charge in [0, 0.05) is 24.7 Å². The summed E-state index contributed by atoms with van der Waals surface area (Å²) < 4.78 is 47.2. The average molecular weight is 455 g/mol. The molecule has 3 aromatic rings. The van der Waals surface area contributed by atoms with Crippen molar-refractivity contribution in [3.05, 3.63) is 83.7 Å². The van der Waals surface area contributed by atoms with Crippen LogP contribution in [0.5, 0.6) is 5.75 Å². The van der Waals surface area contributed by atoms with Crippen molar-refractivity contribution in [2.24, 2.45) is 0 Å². The van der Waals surface area contributed by atoms with Crippen molar-refractivity contribution in [3.63, 3.8) is 0 Å². The molecule has 1 unspecified atom stereocenters. The second kappa shape index (κ2) is 8.63. The highest BCUT2D eigenvalue weighted by atomic mass is 32.2. The minimum atomic E-state index is -3.83. The molecular formula is C24H23FN2O4S. The number of carbonyl (C=O) groups is 1. The second-order valence-electron chi connectivity index (χ2n) is 7.78. The van der Waals surface area contributed by atoms with E-state index in [1.165, 1.54) is 25.1 Å². The summed E-state index contributed by atoms with van der Waals surface area (Å²) in [5, 5.41) is 0. The van der Waals surface area contributed by atoms with Gasteiger partial charge in [0.1, 0.15) is 18.2 Å². The SMILES string of the molecule is CC(=O)N1c2ccc(S(=O)(=O)Nc3cccc(OCc4ccc(F)cc4)c3)cc2CC1C. The number of rotatable bonds is 6. The lowest BCUT2D eigenvalue weighted by Crippen LogP contribution is -2.33. The van der Waals surface area contributed by atoms with Crippen LogP contribution in [0.2, 0.25) is 0 Å². The minimum Gasteiger partial charge on any atom is -0.489 e. The van der Waals surface area contributed by atoms with E-state index in [2.05, 4.69) is 4.72 Å². The fourth-order valence-corrected chi connectivity index (χ4v) is 4.96. The second-order valence-corrected chi connectivity index (χ2v) is 9.46. The van der Waals surface area contributed by atoms with E-state index in [0.29, 0.717) is 17.9 Å². The van der Waals surface area contributed by atoms with Crippen molar-refractivity contribution in [3.8, 4) is 5.75 Å². The molecule has 1 aliphatic rings. The zero-order valence-electron chi connectivity index (χ0n) is 17.7. The normalized spacial score (nSPS) is 15.3. The Bertz CT molecular complexity index is 1260. The van der Waals surface area contributed by atoms with Crippen LogP contribution in [-0.4, -0.2) is 20.4 Å². The molecule has 1 N–H and O–H groups in total. The van der Waals surface area contributed by atoms with Crippen LogP contribution in [0.1, 0.15) is 25.0 Å². The van der Waals surface area contributed by atoms with Gasteiger partial charge in [-0.3, -0.25) is 9.52 Å². The Morgan fingerprint density at radius 1 is 1.12 bits per heavy atom. The van der Waals surface area contributed by atoms with Gasteiger partial charge in [0.15, 0.2) is 0 Å². The van der Waals surface area contributed by atoms with Crippen molar-refractivity contribution < 1.29 is 22.3 Å². The molecule has 8 heteroatoms. The van der Waals surface area contributed by atoms with Crippen molar-refractivity contribution in [2.75, 3.05) is 9.62 Å². The highest BCUT2D eigenvalue weighted by molar-refractivity contribution is 7.92. The number of sulfonamides is 1. The average Bonchev–Trinajstić information content (AvgIpc) is 3.08. The summed E-state index contributed by atoms with van der Waals surface area (Å²) in [6, 6.07) is 17.4. The summed E-state index contributed by atoms with van der Waals surface area (Å²) in [6.07, 6.45) is 0.602. The first-order valence-corrected chi connectivity index (χ1v) is 11.6. The number of anilines is 2. The first-order chi connectivity index (χ1) is 15.2. The van der Waals surface area contributed by atoms with Gasteiger partial charge in [0.05, 0.1) is 10.6 Å². The molecule has 0 saturated heterocycles. The van der Waals surface area contributed by atoms with Gasteiger partial charge in [-0.05, 0) is 66.9 Å². The number of hydrogen-bond acceptors (Lipinski definition) is 4. The molecule has 0 radical (unpaired) electrons. The lowest BCUT2D eigenvalue weighted by molar-refractivity contribution is -0.116. The van der Waals surface area contributed by atoms with Crippen LogP contribution in [0.3, 0.4) is 0 Å². The van der Waals surface area contributed by atoms with E-state index in [0.717, 1.165) is 16.8 Å². The number of benzene rings is 3. The van der Waals surface area contributed by atoms with Crippen LogP contribution >= 0.6 is 0 Å². The Labute approximate surface area is 186 Å². The highest BCUT2D eigenvalue weighted by Gasteiger charge is 2.30. The maximum absolute atomic E-state index is 13.0. The maximum Gasteiger partial charge on any atom is 0.261 e. The minimum absolute atomic E-state index is 0.0108. The number of nitrogens with zero attached hydrogens (tertiary/aromatic N) is 1. The van der Waals surface area contributed by atoms with Crippen LogP contribution in [0.15, 0.2) is 71.6 Å². The summed E-state index contributed by atoms with van der Waals surface area (Å²) in [5.41, 5.74) is 2.73. The fraction of sp³-hybridized carbons (Fsp3) is 0.208. The highest BCUT2D eigenvalue weighted by Crippen LogP contribution is 2.34. The topological polar surface area (TPSA) is 75.7 Å². The summed E-state index contributed by atoms with van der Waals surface area (Å²) >= 11 is 0. The molecule has 1 aliphatic heterocycles. The molecule has 4 rings (SSSR count). The van der Waals surface area contributed by atoms with E-state index in [-0.39, 0.29) is 29.3 Å². The van der Waals surface area contributed by atoms with Crippen molar-refractivity contribution in [2.45, 2.75) is 37.8 Å². The van der Waals surface area contributed by atoms with Crippen molar-refractivity contribution >= 4 is 27.3 Å². The van der Waals surface area contributed by atoms with Gasteiger partial charge >= 0.3 is 0 Å². The van der Waals surface area contributed by atoms with Gasteiger partial charge in [-0.15, -0.1) is 0 Å². The van der Waals surface area contributed by atoms with Gasteiger partial charge in [0.2, 0.25) is 5.91 Å². The number of amides is 1. The fourth-order valence-electron chi connectivity index (χ4n) is 3.87. The monoisotopic (exact) mass is 454 g/mol. The quantitative estimate of drug-likeness (QED) is 0.595.